The lowest BCUT2D eigenvalue weighted by molar-refractivity contribution is 0.583. The molecule has 0 aliphatic rings. The Bertz CT molecular complexity index is 750. The Labute approximate surface area is 127 Å². The van der Waals surface area contributed by atoms with Crippen LogP contribution in [0.1, 0.15) is 5.56 Å². The standard InChI is InChI=1S/C16H13ClN4/c17-15-10-4-9-14(12-15)16-18-20-21(19-16)11-5-8-13-6-2-1-3-7-13/h1-10,12H,11H2/b8-5+. The highest BCUT2D eigenvalue weighted by Crippen LogP contribution is 2.18. The molecule has 3 aromatic rings. The zero-order valence-electron chi connectivity index (χ0n) is 11.2. The van der Waals surface area contributed by atoms with Crippen LogP contribution in [0.15, 0.2) is 60.7 Å². The van der Waals surface area contributed by atoms with Crippen molar-refractivity contribution in [1.29, 1.82) is 0 Å². The monoisotopic (exact) mass is 296 g/mol. The molecule has 0 unspecified atom stereocenters. The van der Waals surface area contributed by atoms with E-state index in [2.05, 4.69) is 15.4 Å². The van der Waals surface area contributed by atoms with E-state index in [0.29, 0.717) is 17.4 Å². The average Bonchev–Trinajstić information content (AvgIpc) is 2.97. The Morgan fingerprint density at radius 3 is 2.71 bits per heavy atom. The summed E-state index contributed by atoms with van der Waals surface area (Å²) in [7, 11) is 0. The van der Waals surface area contributed by atoms with Crippen LogP contribution in [0.2, 0.25) is 5.02 Å². The number of allylic oxidation sites excluding steroid dienone is 1. The Kier molecular flexibility index (Phi) is 4.07. The second-order valence-corrected chi connectivity index (χ2v) is 4.93. The van der Waals surface area contributed by atoms with Crippen LogP contribution in [0.3, 0.4) is 0 Å². The van der Waals surface area contributed by atoms with Crippen LogP contribution < -0.4 is 0 Å². The van der Waals surface area contributed by atoms with Gasteiger partial charge in [0.05, 0.1) is 6.54 Å². The van der Waals surface area contributed by atoms with Crippen molar-refractivity contribution >= 4 is 17.7 Å². The zero-order chi connectivity index (χ0) is 14.5. The molecule has 21 heavy (non-hydrogen) atoms. The van der Waals surface area contributed by atoms with E-state index >= 15 is 0 Å². The van der Waals surface area contributed by atoms with Crippen LogP contribution in [0.4, 0.5) is 0 Å². The number of hydrogen-bond acceptors (Lipinski definition) is 3. The third kappa shape index (κ3) is 3.55. The molecular formula is C16H13ClN4. The molecule has 0 saturated carbocycles. The molecule has 0 N–H and O–H groups in total. The average molecular weight is 297 g/mol. The van der Waals surface area contributed by atoms with Crippen molar-refractivity contribution < 1.29 is 0 Å². The van der Waals surface area contributed by atoms with E-state index in [0.717, 1.165) is 11.1 Å². The maximum absolute atomic E-state index is 5.96. The minimum Gasteiger partial charge on any atom is -0.160 e. The largest absolute Gasteiger partial charge is 0.204 e. The van der Waals surface area contributed by atoms with E-state index < -0.39 is 0 Å². The molecule has 0 bridgehead atoms. The van der Waals surface area contributed by atoms with Gasteiger partial charge in [-0.1, -0.05) is 66.2 Å². The second kappa shape index (κ2) is 6.33. The molecule has 4 nitrogen and oxygen atoms in total. The van der Waals surface area contributed by atoms with Crippen LogP contribution in [-0.4, -0.2) is 20.2 Å². The third-order valence-corrected chi connectivity index (χ3v) is 3.15. The van der Waals surface area contributed by atoms with Gasteiger partial charge >= 0.3 is 0 Å². The summed E-state index contributed by atoms with van der Waals surface area (Å²) in [5, 5.41) is 13.1. The third-order valence-electron chi connectivity index (χ3n) is 2.91. The van der Waals surface area contributed by atoms with Gasteiger partial charge in [0.15, 0.2) is 0 Å². The fourth-order valence-electron chi connectivity index (χ4n) is 1.91. The summed E-state index contributed by atoms with van der Waals surface area (Å²) in [6, 6.07) is 17.5. The molecule has 5 heteroatoms. The van der Waals surface area contributed by atoms with E-state index in [1.165, 1.54) is 0 Å². The van der Waals surface area contributed by atoms with E-state index in [4.69, 9.17) is 11.6 Å². The Hall–Kier alpha value is -2.46. The molecule has 104 valence electrons. The van der Waals surface area contributed by atoms with E-state index in [1.807, 2.05) is 66.7 Å². The number of hydrogen-bond donors (Lipinski definition) is 0. The van der Waals surface area contributed by atoms with Gasteiger partial charge in [-0.25, -0.2) is 0 Å². The van der Waals surface area contributed by atoms with E-state index in [9.17, 15) is 0 Å². The predicted octanol–water partition coefficient (Wildman–Crippen LogP) is 3.71. The van der Waals surface area contributed by atoms with Crippen molar-refractivity contribution in [3.05, 3.63) is 71.3 Å². The van der Waals surface area contributed by atoms with Crippen molar-refractivity contribution in [2.45, 2.75) is 6.54 Å². The van der Waals surface area contributed by atoms with Crippen molar-refractivity contribution in [3.63, 3.8) is 0 Å². The molecule has 0 saturated heterocycles. The van der Waals surface area contributed by atoms with Crippen molar-refractivity contribution in [2.24, 2.45) is 0 Å². The Balaban J connectivity index is 1.70. The fraction of sp³-hybridized carbons (Fsp3) is 0.0625. The molecule has 3 rings (SSSR count). The van der Waals surface area contributed by atoms with Crippen LogP contribution in [0.5, 0.6) is 0 Å². The summed E-state index contributed by atoms with van der Waals surface area (Å²) >= 11 is 5.96. The number of rotatable bonds is 4. The van der Waals surface area contributed by atoms with Gasteiger partial charge in [0.2, 0.25) is 5.82 Å². The SMILES string of the molecule is Clc1cccc(-c2nnn(C/C=C/c3ccccc3)n2)c1. The van der Waals surface area contributed by atoms with Gasteiger partial charge in [-0.2, -0.15) is 4.80 Å². The highest BCUT2D eigenvalue weighted by atomic mass is 35.5. The summed E-state index contributed by atoms with van der Waals surface area (Å²) in [5.74, 6) is 0.575. The molecule has 0 aliphatic carbocycles. The number of aromatic nitrogens is 4. The molecular weight excluding hydrogens is 284 g/mol. The maximum atomic E-state index is 5.96. The van der Waals surface area contributed by atoms with E-state index in [-0.39, 0.29) is 0 Å². The first kappa shape index (κ1) is 13.5. The van der Waals surface area contributed by atoms with Crippen LogP contribution in [-0.2, 0) is 6.54 Å². The minimum atomic E-state index is 0.572. The molecule has 1 heterocycles. The number of halogens is 1. The maximum Gasteiger partial charge on any atom is 0.204 e. The molecule has 0 spiro atoms. The summed E-state index contributed by atoms with van der Waals surface area (Å²) < 4.78 is 0. The molecule has 0 fully saturated rings. The van der Waals surface area contributed by atoms with Crippen LogP contribution in [0.25, 0.3) is 17.5 Å². The van der Waals surface area contributed by atoms with Crippen molar-refractivity contribution in [1.82, 2.24) is 20.2 Å². The fourth-order valence-corrected chi connectivity index (χ4v) is 2.10. The van der Waals surface area contributed by atoms with Crippen LogP contribution >= 0.6 is 11.6 Å². The quantitative estimate of drug-likeness (QED) is 0.737. The lowest BCUT2D eigenvalue weighted by Gasteiger charge is -1.95. The summed E-state index contributed by atoms with van der Waals surface area (Å²) in [6.45, 7) is 0.572. The first-order valence-corrected chi connectivity index (χ1v) is 6.94. The smallest absolute Gasteiger partial charge is 0.160 e. The summed E-state index contributed by atoms with van der Waals surface area (Å²) in [5.41, 5.74) is 2.01. The van der Waals surface area contributed by atoms with Gasteiger partial charge in [0, 0.05) is 10.6 Å². The van der Waals surface area contributed by atoms with Crippen molar-refractivity contribution in [3.8, 4) is 11.4 Å². The van der Waals surface area contributed by atoms with Crippen LogP contribution in [0, 0.1) is 0 Å². The molecule has 0 atom stereocenters. The molecule has 0 aliphatic heterocycles. The first-order valence-electron chi connectivity index (χ1n) is 6.56. The number of tetrazole rings is 1. The Morgan fingerprint density at radius 2 is 1.90 bits per heavy atom. The number of benzene rings is 2. The van der Waals surface area contributed by atoms with Gasteiger partial charge in [-0.15, -0.1) is 10.2 Å². The van der Waals surface area contributed by atoms with Gasteiger partial charge in [0.1, 0.15) is 0 Å². The summed E-state index contributed by atoms with van der Waals surface area (Å²) in [4.78, 5) is 1.55. The zero-order valence-corrected chi connectivity index (χ0v) is 12.0. The lowest BCUT2D eigenvalue weighted by atomic mass is 10.2. The highest BCUT2D eigenvalue weighted by Gasteiger charge is 2.05. The lowest BCUT2D eigenvalue weighted by Crippen LogP contribution is -1.99. The van der Waals surface area contributed by atoms with Gasteiger partial charge in [-0.3, -0.25) is 0 Å². The predicted molar refractivity (Wildman–Crippen MR) is 83.7 cm³/mol. The molecule has 0 radical (unpaired) electrons. The topological polar surface area (TPSA) is 43.6 Å². The summed E-state index contributed by atoms with van der Waals surface area (Å²) in [6.07, 6.45) is 4.03. The highest BCUT2D eigenvalue weighted by molar-refractivity contribution is 6.30. The minimum absolute atomic E-state index is 0.572. The van der Waals surface area contributed by atoms with Gasteiger partial charge in [-0.05, 0) is 22.9 Å². The molecule has 1 aromatic heterocycles. The normalized spacial score (nSPS) is 11.1. The number of nitrogens with zero attached hydrogens (tertiary/aromatic N) is 4. The van der Waals surface area contributed by atoms with Gasteiger partial charge in [0.25, 0.3) is 0 Å². The Morgan fingerprint density at radius 1 is 1.05 bits per heavy atom. The molecule has 2 aromatic carbocycles. The molecule has 0 amide bonds. The van der Waals surface area contributed by atoms with E-state index in [1.54, 1.807) is 4.80 Å². The van der Waals surface area contributed by atoms with Crippen molar-refractivity contribution in [2.75, 3.05) is 0 Å². The first-order chi connectivity index (χ1) is 10.3. The van der Waals surface area contributed by atoms with Gasteiger partial charge < -0.3 is 0 Å². The second-order valence-electron chi connectivity index (χ2n) is 4.49.